The first-order valence-corrected chi connectivity index (χ1v) is 8.21. The Morgan fingerprint density at radius 1 is 1.32 bits per heavy atom. The Balaban J connectivity index is 2.81. The monoisotopic (exact) mass is 313 g/mol. The number of carbonyl (C=O) groups is 2. The number of hydrogen-bond acceptors (Lipinski definition) is 4. The second kappa shape index (κ2) is 7.81. The van der Waals surface area contributed by atoms with Crippen molar-refractivity contribution >= 4 is 12.0 Å². The van der Waals surface area contributed by atoms with Crippen molar-refractivity contribution in [3.63, 3.8) is 0 Å². The van der Waals surface area contributed by atoms with E-state index in [0.717, 1.165) is 25.7 Å². The van der Waals surface area contributed by atoms with Crippen LogP contribution in [-0.4, -0.2) is 47.2 Å². The van der Waals surface area contributed by atoms with Crippen LogP contribution in [0.2, 0.25) is 0 Å². The molecule has 0 radical (unpaired) electrons. The third-order valence-corrected chi connectivity index (χ3v) is 3.84. The maximum absolute atomic E-state index is 12.4. The van der Waals surface area contributed by atoms with Gasteiger partial charge in [0.25, 0.3) is 0 Å². The SMILES string of the molecule is CCN(C(=O)OC(C)(C)C)[C@@H]1CCCC[C@@H]1NC(=O)[C@H](C)N. The number of hydrogen-bond donors (Lipinski definition) is 2. The molecule has 0 unspecified atom stereocenters. The maximum Gasteiger partial charge on any atom is 0.410 e. The molecule has 6 heteroatoms. The van der Waals surface area contributed by atoms with E-state index in [0.29, 0.717) is 6.54 Å². The van der Waals surface area contributed by atoms with E-state index in [1.165, 1.54) is 0 Å². The van der Waals surface area contributed by atoms with Gasteiger partial charge in [-0.15, -0.1) is 0 Å². The van der Waals surface area contributed by atoms with Gasteiger partial charge in [-0.25, -0.2) is 4.79 Å². The molecule has 1 saturated carbocycles. The van der Waals surface area contributed by atoms with Gasteiger partial charge in [0.15, 0.2) is 0 Å². The summed E-state index contributed by atoms with van der Waals surface area (Å²) in [6.07, 6.45) is 3.52. The van der Waals surface area contributed by atoms with Crippen molar-refractivity contribution in [3.05, 3.63) is 0 Å². The number of nitrogens with one attached hydrogen (secondary N) is 1. The van der Waals surface area contributed by atoms with Crippen LogP contribution < -0.4 is 11.1 Å². The van der Waals surface area contributed by atoms with E-state index in [1.807, 2.05) is 27.7 Å². The lowest BCUT2D eigenvalue weighted by molar-refractivity contribution is -0.123. The van der Waals surface area contributed by atoms with Crippen molar-refractivity contribution < 1.29 is 14.3 Å². The van der Waals surface area contributed by atoms with Gasteiger partial charge in [-0.05, 0) is 47.5 Å². The van der Waals surface area contributed by atoms with Gasteiger partial charge in [0.05, 0.1) is 12.1 Å². The van der Waals surface area contributed by atoms with E-state index in [1.54, 1.807) is 11.8 Å². The minimum absolute atomic E-state index is 0.0312. The molecule has 3 atom stereocenters. The van der Waals surface area contributed by atoms with Crippen molar-refractivity contribution in [2.45, 2.75) is 84.0 Å². The Hall–Kier alpha value is -1.30. The zero-order valence-corrected chi connectivity index (χ0v) is 14.5. The van der Waals surface area contributed by atoms with Crippen LogP contribution in [0.15, 0.2) is 0 Å². The molecule has 2 amide bonds. The largest absolute Gasteiger partial charge is 0.444 e. The average molecular weight is 313 g/mol. The van der Waals surface area contributed by atoms with E-state index >= 15 is 0 Å². The summed E-state index contributed by atoms with van der Waals surface area (Å²) in [7, 11) is 0. The highest BCUT2D eigenvalue weighted by Gasteiger charge is 2.35. The van der Waals surface area contributed by atoms with E-state index in [9.17, 15) is 9.59 Å². The number of carbonyl (C=O) groups excluding carboxylic acids is 2. The predicted molar refractivity (Wildman–Crippen MR) is 86.5 cm³/mol. The summed E-state index contributed by atoms with van der Waals surface area (Å²) in [5.74, 6) is -0.169. The molecule has 0 aromatic rings. The molecule has 22 heavy (non-hydrogen) atoms. The van der Waals surface area contributed by atoms with Crippen LogP contribution in [0.4, 0.5) is 4.79 Å². The topological polar surface area (TPSA) is 84.7 Å². The van der Waals surface area contributed by atoms with E-state index in [-0.39, 0.29) is 24.1 Å². The summed E-state index contributed by atoms with van der Waals surface area (Å²) >= 11 is 0. The highest BCUT2D eigenvalue weighted by Crippen LogP contribution is 2.25. The van der Waals surface area contributed by atoms with Crippen molar-refractivity contribution in [3.8, 4) is 0 Å². The van der Waals surface area contributed by atoms with E-state index < -0.39 is 11.6 Å². The predicted octanol–water partition coefficient (Wildman–Crippen LogP) is 2.02. The van der Waals surface area contributed by atoms with Gasteiger partial charge >= 0.3 is 6.09 Å². The standard InChI is InChI=1S/C16H31N3O3/c1-6-19(15(21)22-16(3,4)5)13-10-8-7-9-12(13)18-14(20)11(2)17/h11-13H,6-10,17H2,1-5H3,(H,18,20)/t11-,12-,13+/m0/s1. The number of likely N-dealkylation sites (N-methyl/N-ethyl adjacent to an activating group) is 1. The van der Waals surface area contributed by atoms with E-state index in [4.69, 9.17) is 10.5 Å². The van der Waals surface area contributed by atoms with Crippen LogP contribution in [0, 0.1) is 0 Å². The lowest BCUT2D eigenvalue weighted by Crippen LogP contribution is -2.57. The number of rotatable bonds is 4. The zero-order chi connectivity index (χ0) is 16.9. The molecule has 128 valence electrons. The summed E-state index contributed by atoms with van der Waals surface area (Å²) < 4.78 is 5.49. The van der Waals surface area contributed by atoms with Gasteiger partial charge < -0.3 is 20.7 Å². The first kappa shape index (κ1) is 18.7. The summed E-state index contributed by atoms with van der Waals surface area (Å²) in [6.45, 7) is 9.73. The second-order valence-corrected chi connectivity index (χ2v) is 7.02. The summed E-state index contributed by atoms with van der Waals surface area (Å²) in [5, 5.41) is 2.99. The van der Waals surface area contributed by atoms with Gasteiger partial charge in [-0.1, -0.05) is 12.8 Å². The Morgan fingerprint density at radius 3 is 2.41 bits per heavy atom. The van der Waals surface area contributed by atoms with Gasteiger partial charge in [-0.3, -0.25) is 4.79 Å². The van der Waals surface area contributed by atoms with Gasteiger partial charge in [-0.2, -0.15) is 0 Å². The normalized spacial score (nSPS) is 23.5. The molecule has 0 aromatic carbocycles. The fourth-order valence-corrected chi connectivity index (χ4v) is 2.79. The van der Waals surface area contributed by atoms with Crippen LogP contribution in [0.1, 0.15) is 60.3 Å². The van der Waals surface area contributed by atoms with E-state index in [2.05, 4.69) is 5.32 Å². The number of amides is 2. The maximum atomic E-state index is 12.4. The molecule has 1 aliphatic carbocycles. The molecule has 6 nitrogen and oxygen atoms in total. The Labute approximate surface area is 133 Å². The van der Waals surface area contributed by atoms with Gasteiger partial charge in [0, 0.05) is 12.6 Å². The number of ether oxygens (including phenoxy) is 1. The highest BCUT2D eigenvalue weighted by molar-refractivity contribution is 5.81. The number of nitrogens with two attached hydrogens (primary N) is 1. The highest BCUT2D eigenvalue weighted by atomic mass is 16.6. The minimum atomic E-state index is -0.542. The van der Waals surface area contributed by atoms with Crippen LogP contribution in [0.25, 0.3) is 0 Å². The molecular weight excluding hydrogens is 282 g/mol. The molecule has 0 bridgehead atoms. The van der Waals surface area contributed by atoms with Crippen molar-refractivity contribution in [1.82, 2.24) is 10.2 Å². The Morgan fingerprint density at radius 2 is 1.91 bits per heavy atom. The smallest absolute Gasteiger partial charge is 0.410 e. The molecule has 0 aliphatic heterocycles. The molecule has 0 heterocycles. The number of nitrogens with zero attached hydrogens (tertiary/aromatic N) is 1. The van der Waals surface area contributed by atoms with Crippen molar-refractivity contribution in [1.29, 1.82) is 0 Å². The quantitative estimate of drug-likeness (QED) is 0.831. The summed E-state index contributed by atoms with van der Waals surface area (Å²) in [6, 6.07) is -0.629. The fraction of sp³-hybridized carbons (Fsp3) is 0.875. The van der Waals surface area contributed by atoms with Crippen molar-refractivity contribution in [2.75, 3.05) is 6.54 Å². The fourth-order valence-electron chi connectivity index (χ4n) is 2.79. The molecule has 3 N–H and O–H groups in total. The third kappa shape index (κ3) is 5.48. The molecule has 1 fully saturated rings. The molecule has 0 saturated heterocycles. The van der Waals surface area contributed by atoms with Gasteiger partial charge in [0.1, 0.15) is 5.60 Å². The Kier molecular flexibility index (Phi) is 6.66. The van der Waals surface area contributed by atoms with Crippen LogP contribution in [-0.2, 0) is 9.53 Å². The first-order chi connectivity index (χ1) is 10.2. The van der Waals surface area contributed by atoms with Gasteiger partial charge in [0.2, 0.25) is 5.91 Å². The van der Waals surface area contributed by atoms with Crippen molar-refractivity contribution in [2.24, 2.45) is 5.73 Å². The molecular formula is C16H31N3O3. The lowest BCUT2D eigenvalue weighted by atomic mass is 9.89. The summed E-state index contributed by atoms with van der Waals surface area (Å²) in [4.78, 5) is 26.0. The van der Waals surface area contributed by atoms with Crippen LogP contribution in [0.5, 0.6) is 0 Å². The Bertz CT molecular complexity index is 391. The molecule has 0 spiro atoms. The van der Waals surface area contributed by atoms with Crippen LogP contribution >= 0.6 is 0 Å². The lowest BCUT2D eigenvalue weighted by Gasteiger charge is -2.40. The average Bonchev–Trinajstić information content (AvgIpc) is 2.39. The molecule has 1 aliphatic rings. The molecule has 1 rings (SSSR count). The van der Waals surface area contributed by atoms with Crippen LogP contribution in [0.3, 0.4) is 0 Å². The second-order valence-electron chi connectivity index (χ2n) is 7.02. The first-order valence-electron chi connectivity index (χ1n) is 8.21. The molecule has 0 aromatic heterocycles. The minimum Gasteiger partial charge on any atom is -0.444 e. The summed E-state index contributed by atoms with van der Waals surface area (Å²) in [5.41, 5.74) is 5.11. The third-order valence-electron chi connectivity index (χ3n) is 3.84. The zero-order valence-electron chi connectivity index (χ0n) is 14.5.